The van der Waals surface area contributed by atoms with Crippen LogP contribution in [0.4, 0.5) is 4.79 Å². The van der Waals surface area contributed by atoms with Crippen LogP contribution in [-0.4, -0.2) is 62.4 Å². The monoisotopic (exact) mass is 299 g/mol. The maximum atomic E-state index is 11.9. The van der Waals surface area contributed by atoms with Crippen molar-refractivity contribution in [3.8, 4) is 0 Å². The van der Waals surface area contributed by atoms with Crippen molar-refractivity contribution in [2.45, 2.75) is 32.4 Å². The normalized spacial score (nSPS) is 21.5. The van der Waals surface area contributed by atoms with Crippen molar-refractivity contribution in [3.05, 3.63) is 11.6 Å². The molecule has 3 N–H and O–H groups in total. The van der Waals surface area contributed by atoms with E-state index in [1.54, 1.807) is 0 Å². The highest BCUT2D eigenvalue weighted by molar-refractivity contribution is 5.83. The molecule has 1 heterocycles. The third-order valence-corrected chi connectivity index (χ3v) is 3.21. The molecule has 0 spiro atoms. The molecular weight excluding hydrogens is 274 g/mol. The molecule has 0 aromatic rings. The summed E-state index contributed by atoms with van der Waals surface area (Å²) in [4.78, 5) is 24.0. The number of hydrogen-bond donors (Lipinski definition) is 2. The Labute approximate surface area is 125 Å². The zero-order valence-electron chi connectivity index (χ0n) is 12.9. The first-order valence-electron chi connectivity index (χ1n) is 7.02. The predicted octanol–water partition coefficient (Wildman–Crippen LogP) is 0.253. The van der Waals surface area contributed by atoms with Crippen LogP contribution < -0.4 is 11.1 Å². The van der Waals surface area contributed by atoms with E-state index in [-0.39, 0.29) is 24.6 Å². The lowest BCUT2D eigenvalue weighted by Gasteiger charge is -2.32. The molecule has 7 heteroatoms. The molecule has 120 valence electrons. The average molecular weight is 299 g/mol. The van der Waals surface area contributed by atoms with Crippen molar-refractivity contribution < 1.29 is 19.1 Å². The van der Waals surface area contributed by atoms with Crippen molar-refractivity contribution in [3.63, 3.8) is 0 Å². The zero-order chi connectivity index (χ0) is 15.8. The van der Waals surface area contributed by atoms with Crippen molar-refractivity contribution >= 4 is 11.9 Å². The summed E-state index contributed by atoms with van der Waals surface area (Å²) in [5.74, 6) is -0.251. The molecule has 1 rings (SSSR count). The molecule has 1 fully saturated rings. The van der Waals surface area contributed by atoms with Gasteiger partial charge in [0.1, 0.15) is 12.6 Å². The average Bonchev–Trinajstić information content (AvgIpc) is 2.40. The number of allylic oxidation sites excluding steroid dienone is 1. The number of amides is 3. The number of likely N-dealkylation sites (N-methyl/N-ethyl adjacent to an activating group) is 1. The molecule has 3 amide bonds. The minimum absolute atomic E-state index is 0.0621. The van der Waals surface area contributed by atoms with Crippen molar-refractivity contribution in [2.75, 3.05) is 33.4 Å². The summed E-state index contributed by atoms with van der Waals surface area (Å²) in [5.41, 5.74) is 6.27. The van der Waals surface area contributed by atoms with Crippen LogP contribution in [-0.2, 0) is 14.3 Å². The third-order valence-electron chi connectivity index (χ3n) is 3.21. The molecule has 0 radical (unpaired) electrons. The Balaban J connectivity index is 2.47. The number of rotatable bonds is 6. The van der Waals surface area contributed by atoms with Crippen LogP contribution >= 0.6 is 0 Å². The number of nitrogens with one attached hydrogen (secondary N) is 1. The molecular formula is C14H25N3O4. The summed E-state index contributed by atoms with van der Waals surface area (Å²) in [6.07, 6.45) is 2.48. The minimum Gasteiger partial charge on any atom is -0.379 e. The smallest absolute Gasteiger partial charge is 0.314 e. The van der Waals surface area contributed by atoms with Gasteiger partial charge >= 0.3 is 6.03 Å². The number of carbonyl (C=O) groups is 2. The second-order valence-electron chi connectivity index (χ2n) is 5.39. The Bertz CT molecular complexity index is 394. The second kappa shape index (κ2) is 8.63. The molecule has 0 saturated carbocycles. The fraction of sp³-hybridized carbons (Fsp3) is 0.714. The van der Waals surface area contributed by atoms with Gasteiger partial charge in [-0.2, -0.15) is 0 Å². The van der Waals surface area contributed by atoms with Gasteiger partial charge in [0.2, 0.25) is 5.91 Å². The van der Waals surface area contributed by atoms with E-state index in [0.717, 1.165) is 4.90 Å². The lowest BCUT2D eigenvalue weighted by molar-refractivity contribution is -0.126. The quantitative estimate of drug-likeness (QED) is 0.688. The Morgan fingerprint density at radius 2 is 2.19 bits per heavy atom. The summed E-state index contributed by atoms with van der Waals surface area (Å²) in [7, 11) is 1.48. The fourth-order valence-corrected chi connectivity index (χ4v) is 1.93. The van der Waals surface area contributed by atoms with Crippen LogP contribution in [0.3, 0.4) is 0 Å². The van der Waals surface area contributed by atoms with Gasteiger partial charge in [0.25, 0.3) is 0 Å². The van der Waals surface area contributed by atoms with E-state index in [1.165, 1.54) is 12.6 Å². The van der Waals surface area contributed by atoms with E-state index < -0.39 is 6.03 Å². The van der Waals surface area contributed by atoms with Crippen LogP contribution in [0, 0.1) is 0 Å². The first-order valence-corrected chi connectivity index (χ1v) is 7.02. The van der Waals surface area contributed by atoms with Gasteiger partial charge in [-0.25, -0.2) is 4.79 Å². The van der Waals surface area contributed by atoms with Crippen LogP contribution in [0.1, 0.15) is 20.3 Å². The Hall–Kier alpha value is -1.60. The van der Waals surface area contributed by atoms with Crippen molar-refractivity contribution in [1.82, 2.24) is 10.2 Å². The topological polar surface area (TPSA) is 93.9 Å². The second-order valence-corrected chi connectivity index (χ2v) is 5.39. The molecule has 0 aromatic heterocycles. The molecule has 2 atom stereocenters. The number of nitrogens with two attached hydrogens (primary N) is 1. The molecule has 0 aliphatic carbocycles. The zero-order valence-corrected chi connectivity index (χ0v) is 12.9. The number of ether oxygens (including phenoxy) is 2. The largest absolute Gasteiger partial charge is 0.379 e. The molecule has 1 aliphatic heterocycles. The van der Waals surface area contributed by atoms with Gasteiger partial charge in [0.15, 0.2) is 0 Å². The highest BCUT2D eigenvalue weighted by Gasteiger charge is 2.28. The van der Waals surface area contributed by atoms with E-state index in [2.05, 4.69) is 5.32 Å². The standard InChI is InChI=1S/C14H25N3O4/c1-10(2)4-7-21-12-9-20-6-5-11(12)16-13(18)8-17(3)14(15)19/h4,11-12H,5-9H2,1-3H3,(H2,15,19)(H,16,18)/t11-,12-/m1/s1. The van der Waals surface area contributed by atoms with Crippen molar-refractivity contribution in [2.24, 2.45) is 5.73 Å². The summed E-state index contributed by atoms with van der Waals surface area (Å²) in [6, 6.07) is -0.744. The summed E-state index contributed by atoms with van der Waals surface area (Å²) in [6.45, 7) is 5.46. The van der Waals surface area contributed by atoms with Crippen LogP contribution in [0.2, 0.25) is 0 Å². The van der Waals surface area contributed by atoms with Gasteiger partial charge in [-0.1, -0.05) is 11.6 Å². The number of hydrogen-bond acceptors (Lipinski definition) is 4. The molecule has 7 nitrogen and oxygen atoms in total. The van der Waals surface area contributed by atoms with Gasteiger partial charge in [0, 0.05) is 13.7 Å². The number of nitrogens with zero attached hydrogens (tertiary/aromatic N) is 1. The predicted molar refractivity (Wildman–Crippen MR) is 78.8 cm³/mol. The maximum absolute atomic E-state index is 11.9. The molecule has 21 heavy (non-hydrogen) atoms. The van der Waals surface area contributed by atoms with Gasteiger partial charge in [-0.3, -0.25) is 4.79 Å². The summed E-state index contributed by atoms with van der Waals surface area (Å²) in [5, 5.41) is 2.88. The lowest BCUT2D eigenvalue weighted by Crippen LogP contribution is -2.52. The Kier molecular flexibility index (Phi) is 7.18. The fourth-order valence-electron chi connectivity index (χ4n) is 1.93. The molecule has 1 aliphatic rings. The van der Waals surface area contributed by atoms with Gasteiger partial charge in [0.05, 0.1) is 19.3 Å². The van der Waals surface area contributed by atoms with Crippen LogP contribution in [0.5, 0.6) is 0 Å². The highest BCUT2D eigenvalue weighted by Crippen LogP contribution is 2.12. The summed E-state index contributed by atoms with van der Waals surface area (Å²) < 4.78 is 11.1. The SMILES string of the molecule is CC(C)=CCO[C@@H]1COCC[C@H]1NC(=O)CN(C)C(N)=O. The number of urea groups is 1. The van der Waals surface area contributed by atoms with Crippen LogP contribution in [0.25, 0.3) is 0 Å². The molecule has 0 aromatic carbocycles. The first-order chi connectivity index (χ1) is 9.90. The minimum atomic E-state index is -0.631. The summed E-state index contributed by atoms with van der Waals surface area (Å²) >= 11 is 0. The van der Waals surface area contributed by atoms with Crippen molar-refractivity contribution in [1.29, 1.82) is 0 Å². The number of carbonyl (C=O) groups excluding carboxylic acids is 2. The third kappa shape index (κ3) is 6.59. The number of primary amides is 1. The van der Waals surface area contributed by atoms with E-state index in [4.69, 9.17) is 15.2 Å². The molecule has 0 unspecified atom stereocenters. The van der Waals surface area contributed by atoms with Gasteiger partial charge in [-0.15, -0.1) is 0 Å². The molecule has 0 bridgehead atoms. The highest BCUT2D eigenvalue weighted by atomic mass is 16.5. The van der Waals surface area contributed by atoms with E-state index in [9.17, 15) is 9.59 Å². The van der Waals surface area contributed by atoms with Gasteiger partial charge in [-0.05, 0) is 20.3 Å². The maximum Gasteiger partial charge on any atom is 0.314 e. The molecule has 1 saturated heterocycles. The first kappa shape index (κ1) is 17.5. The van der Waals surface area contributed by atoms with Gasteiger partial charge < -0.3 is 25.4 Å². The van der Waals surface area contributed by atoms with E-state index >= 15 is 0 Å². The van der Waals surface area contributed by atoms with E-state index in [1.807, 2.05) is 19.9 Å². The Morgan fingerprint density at radius 3 is 2.81 bits per heavy atom. The Morgan fingerprint density at radius 1 is 1.48 bits per heavy atom. The van der Waals surface area contributed by atoms with E-state index in [0.29, 0.717) is 26.2 Å². The van der Waals surface area contributed by atoms with Crippen LogP contribution in [0.15, 0.2) is 11.6 Å². The lowest BCUT2D eigenvalue weighted by atomic mass is 10.1.